The van der Waals surface area contributed by atoms with Crippen molar-refractivity contribution in [2.75, 3.05) is 33.4 Å². The maximum absolute atomic E-state index is 13.1. The zero-order valence-electron chi connectivity index (χ0n) is 15.4. The summed E-state index contributed by atoms with van der Waals surface area (Å²) in [5.74, 6) is 0.170. The number of carbonyl (C=O) groups excluding carboxylic acids is 1. The highest BCUT2D eigenvalue weighted by atomic mass is 35.5. The number of methoxy groups -OCH3 is 1. The number of amides is 1. The smallest absolute Gasteiger partial charge is 0.230 e. The van der Waals surface area contributed by atoms with Crippen LogP contribution in [0.4, 0.5) is 0 Å². The highest BCUT2D eigenvalue weighted by Crippen LogP contribution is 2.37. The number of hydrogen-bond donors (Lipinski definition) is 2. The third kappa shape index (κ3) is 4.18. The summed E-state index contributed by atoms with van der Waals surface area (Å²) < 4.78 is 5.46. The van der Waals surface area contributed by atoms with E-state index in [1.54, 1.807) is 7.11 Å². The summed E-state index contributed by atoms with van der Waals surface area (Å²) in [4.78, 5) is 13.1. The molecular weight excluding hydrogens is 336 g/mol. The van der Waals surface area contributed by atoms with Gasteiger partial charge in [-0.2, -0.15) is 0 Å². The zero-order valence-corrected chi connectivity index (χ0v) is 16.2. The van der Waals surface area contributed by atoms with Gasteiger partial charge in [0.2, 0.25) is 5.91 Å². The van der Waals surface area contributed by atoms with Crippen molar-refractivity contribution in [1.29, 1.82) is 0 Å². The van der Waals surface area contributed by atoms with Gasteiger partial charge in [0, 0.05) is 19.1 Å². The van der Waals surface area contributed by atoms with Gasteiger partial charge in [0.25, 0.3) is 0 Å². The molecule has 1 saturated heterocycles. The first-order valence-electron chi connectivity index (χ1n) is 9.16. The summed E-state index contributed by atoms with van der Waals surface area (Å²) in [6.45, 7) is 5.52. The number of hydrogen-bond acceptors (Lipinski definition) is 3. The second kappa shape index (κ2) is 8.52. The summed E-state index contributed by atoms with van der Waals surface area (Å²) in [6, 6.07) is 8.42. The van der Waals surface area contributed by atoms with Crippen LogP contribution in [-0.4, -0.2) is 39.3 Å². The number of rotatable bonds is 5. The molecule has 1 aliphatic carbocycles. The molecule has 0 spiro atoms. The number of aryl methyl sites for hydroxylation is 1. The Bertz CT molecular complexity index is 581. The minimum absolute atomic E-state index is 0. The van der Waals surface area contributed by atoms with E-state index in [0.717, 1.165) is 45.2 Å². The van der Waals surface area contributed by atoms with E-state index >= 15 is 0 Å². The molecule has 140 valence electrons. The molecule has 1 aromatic rings. The Balaban J connectivity index is 0.00000225. The Morgan fingerprint density at radius 1 is 1.24 bits per heavy atom. The van der Waals surface area contributed by atoms with Crippen LogP contribution in [0.2, 0.25) is 0 Å². The van der Waals surface area contributed by atoms with Crippen LogP contribution in [0, 0.1) is 5.41 Å². The molecule has 1 heterocycles. The van der Waals surface area contributed by atoms with Crippen LogP contribution in [0.15, 0.2) is 24.3 Å². The maximum Gasteiger partial charge on any atom is 0.230 e. The first-order chi connectivity index (χ1) is 11.6. The van der Waals surface area contributed by atoms with Crippen LogP contribution in [0.5, 0.6) is 0 Å². The topological polar surface area (TPSA) is 50.4 Å². The van der Waals surface area contributed by atoms with E-state index in [-0.39, 0.29) is 23.7 Å². The lowest BCUT2D eigenvalue weighted by Gasteiger charge is -2.39. The predicted molar refractivity (Wildman–Crippen MR) is 103 cm³/mol. The Morgan fingerprint density at radius 3 is 2.68 bits per heavy atom. The van der Waals surface area contributed by atoms with Crippen molar-refractivity contribution >= 4 is 18.3 Å². The van der Waals surface area contributed by atoms with Crippen LogP contribution in [0.1, 0.15) is 43.7 Å². The molecule has 1 aliphatic heterocycles. The number of piperidine rings is 1. The fourth-order valence-electron chi connectivity index (χ4n) is 4.38. The Hall–Kier alpha value is -1.10. The number of fused-ring (bicyclic) bond motifs is 1. The summed E-state index contributed by atoms with van der Waals surface area (Å²) in [5, 5.41) is 6.68. The molecular formula is C20H31ClN2O2. The van der Waals surface area contributed by atoms with E-state index in [1.807, 2.05) is 0 Å². The van der Waals surface area contributed by atoms with Crippen molar-refractivity contribution in [2.24, 2.45) is 5.41 Å². The lowest BCUT2D eigenvalue weighted by atomic mass is 9.70. The zero-order chi connectivity index (χ0) is 17.0. The van der Waals surface area contributed by atoms with Gasteiger partial charge in [0.05, 0.1) is 12.0 Å². The molecule has 5 heteroatoms. The number of benzene rings is 1. The number of nitrogens with one attached hydrogen (secondary N) is 2. The molecule has 0 radical (unpaired) electrons. The van der Waals surface area contributed by atoms with E-state index in [4.69, 9.17) is 4.74 Å². The highest BCUT2D eigenvalue weighted by Gasteiger charge is 2.40. The summed E-state index contributed by atoms with van der Waals surface area (Å²) in [6.07, 6.45) is 5.18. The number of ether oxygens (including phenoxy) is 1. The average Bonchev–Trinajstić information content (AvgIpc) is 2.61. The van der Waals surface area contributed by atoms with Crippen molar-refractivity contribution in [3.8, 4) is 0 Å². The molecule has 2 N–H and O–H groups in total. The van der Waals surface area contributed by atoms with E-state index in [2.05, 4.69) is 41.8 Å². The van der Waals surface area contributed by atoms with Crippen LogP contribution in [0.3, 0.4) is 0 Å². The van der Waals surface area contributed by atoms with Gasteiger partial charge in [-0.25, -0.2) is 0 Å². The molecule has 1 amide bonds. The molecule has 4 nitrogen and oxygen atoms in total. The van der Waals surface area contributed by atoms with Gasteiger partial charge in [0.15, 0.2) is 0 Å². The van der Waals surface area contributed by atoms with E-state index in [1.165, 1.54) is 11.1 Å². The van der Waals surface area contributed by atoms with Gasteiger partial charge in [-0.1, -0.05) is 24.3 Å². The number of carbonyl (C=O) groups is 1. The molecule has 1 aromatic carbocycles. The Kier molecular flexibility index (Phi) is 6.89. The molecule has 1 fully saturated rings. The largest absolute Gasteiger partial charge is 0.384 e. The molecule has 0 aromatic heterocycles. The first kappa shape index (κ1) is 20.2. The van der Waals surface area contributed by atoms with Crippen molar-refractivity contribution < 1.29 is 9.53 Å². The summed E-state index contributed by atoms with van der Waals surface area (Å²) >= 11 is 0. The standard InChI is InChI=1S/C20H30N2O2.ClH/c1-19(9-5-7-16-6-3-4-8-17(16)19)18(23)22-14-20(15-24-2)10-12-21-13-11-20;/h3-4,6,8,21H,5,7,9-15H2,1-2H3,(H,22,23);1H. The second-order valence-electron chi connectivity index (χ2n) is 7.71. The molecule has 1 atom stereocenters. The summed E-state index contributed by atoms with van der Waals surface area (Å²) in [5.41, 5.74) is 2.20. The summed E-state index contributed by atoms with van der Waals surface area (Å²) in [7, 11) is 1.75. The van der Waals surface area contributed by atoms with Crippen LogP contribution < -0.4 is 10.6 Å². The van der Waals surface area contributed by atoms with Crippen LogP contribution in [0.25, 0.3) is 0 Å². The fraction of sp³-hybridized carbons (Fsp3) is 0.650. The molecule has 0 bridgehead atoms. The lowest BCUT2D eigenvalue weighted by Crippen LogP contribution is -2.51. The van der Waals surface area contributed by atoms with Gasteiger partial charge in [-0.05, 0) is 63.2 Å². The molecule has 2 aliphatic rings. The molecule has 25 heavy (non-hydrogen) atoms. The minimum atomic E-state index is -0.407. The van der Waals surface area contributed by atoms with Crippen molar-refractivity contribution in [3.05, 3.63) is 35.4 Å². The molecule has 1 unspecified atom stereocenters. The maximum atomic E-state index is 13.1. The quantitative estimate of drug-likeness (QED) is 0.842. The normalized spacial score (nSPS) is 24.7. The van der Waals surface area contributed by atoms with E-state index < -0.39 is 5.41 Å². The van der Waals surface area contributed by atoms with Gasteiger partial charge >= 0.3 is 0 Å². The highest BCUT2D eigenvalue weighted by molar-refractivity contribution is 5.88. The number of halogens is 1. The third-order valence-corrected chi connectivity index (χ3v) is 5.97. The van der Waals surface area contributed by atoms with Gasteiger partial charge in [-0.15, -0.1) is 12.4 Å². The van der Waals surface area contributed by atoms with E-state index in [9.17, 15) is 4.79 Å². The van der Waals surface area contributed by atoms with Crippen LogP contribution in [-0.2, 0) is 21.4 Å². The van der Waals surface area contributed by atoms with Crippen LogP contribution >= 0.6 is 12.4 Å². The fourth-order valence-corrected chi connectivity index (χ4v) is 4.38. The van der Waals surface area contributed by atoms with E-state index in [0.29, 0.717) is 13.2 Å². The monoisotopic (exact) mass is 366 g/mol. The molecule has 3 rings (SSSR count). The van der Waals surface area contributed by atoms with Gasteiger partial charge in [0.1, 0.15) is 0 Å². The Morgan fingerprint density at radius 2 is 1.96 bits per heavy atom. The second-order valence-corrected chi connectivity index (χ2v) is 7.71. The van der Waals surface area contributed by atoms with Crippen molar-refractivity contribution in [1.82, 2.24) is 10.6 Å². The van der Waals surface area contributed by atoms with Gasteiger partial charge in [-0.3, -0.25) is 4.79 Å². The molecule has 0 saturated carbocycles. The first-order valence-corrected chi connectivity index (χ1v) is 9.16. The lowest BCUT2D eigenvalue weighted by molar-refractivity contribution is -0.127. The predicted octanol–water partition coefficient (Wildman–Crippen LogP) is 2.83. The van der Waals surface area contributed by atoms with Gasteiger partial charge < -0.3 is 15.4 Å². The Labute approximate surface area is 157 Å². The SMILES string of the molecule is COCC1(CNC(=O)C2(C)CCCc3ccccc32)CCNCC1.Cl. The van der Waals surface area contributed by atoms with Crippen molar-refractivity contribution in [3.63, 3.8) is 0 Å². The van der Waals surface area contributed by atoms with Crippen molar-refractivity contribution in [2.45, 2.75) is 44.4 Å². The average molecular weight is 367 g/mol. The third-order valence-electron chi connectivity index (χ3n) is 5.97. The minimum Gasteiger partial charge on any atom is -0.384 e.